The second-order valence-electron chi connectivity index (χ2n) is 7.34. The van der Waals surface area contributed by atoms with E-state index in [1.807, 2.05) is 25.1 Å². The maximum Gasteiger partial charge on any atom is 0.224 e. The smallest absolute Gasteiger partial charge is 0.224 e. The summed E-state index contributed by atoms with van der Waals surface area (Å²) in [6, 6.07) is 5.86. The molecular weight excluding hydrogens is 394 g/mol. The third-order valence-corrected chi connectivity index (χ3v) is 5.90. The summed E-state index contributed by atoms with van der Waals surface area (Å²) in [5, 5.41) is 4.15. The minimum Gasteiger partial charge on any atom is -0.370 e. The molecule has 6 heteroatoms. The Morgan fingerprint density at radius 2 is 2.04 bits per heavy atom. The number of H-pyrrole nitrogens is 1. The van der Waals surface area contributed by atoms with Crippen molar-refractivity contribution < 1.29 is 9.59 Å². The van der Waals surface area contributed by atoms with Gasteiger partial charge in [-0.1, -0.05) is 35.2 Å². The van der Waals surface area contributed by atoms with E-state index in [0.717, 1.165) is 52.3 Å². The van der Waals surface area contributed by atoms with Crippen LogP contribution in [0.5, 0.6) is 0 Å². The second-order valence-corrected chi connectivity index (χ2v) is 8.25. The highest BCUT2D eigenvalue weighted by atomic mass is 79.9. The molecule has 1 saturated carbocycles. The van der Waals surface area contributed by atoms with E-state index in [1.165, 1.54) is 6.42 Å². The van der Waals surface area contributed by atoms with Gasteiger partial charge in [0.2, 0.25) is 11.8 Å². The average Bonchev–Trinajstić information content (AvgIpc) is 2.90. The molecule has 0 radical (unpaired) electrons. The number of aromatic nitrogens is 1. The van der Waals surface area contributed by atoms with Gasteiger partial charge in [0.1, 0.15) is 0 Å². The number of carbonyl (C=O) groups excluding carboxylic acids is 2. The first-order valence-electron chi connectivity index (χ1n) is 9.28. The lowest BCUT2D eigenvalue weighted by Crippen LogP contribution is -2.44. The molecule has 1 atom stereocenters. The number of fused-ring (bicyclic) bond motifs is 1. The van der Waals surface area contributed by atoms with Crippen molar-refractivity contribution in [3.05, 3.63) is 33.9 Å². The fraction of sp³-hybridized carbons (Fsp3) is 0.500. The fourth-order valence-electron chi connectivity index (χ4n) is 4.09. The molecule has 3 rings (SSSR count). The predicted octanol–water partition coefficient (Wildman–Crippen LogP) is 3.72. The van der Waals surface area contributed by atoms with Crippen LogP contribution in [0.15, 0.2) is 22.7 Å². The van der Waals surface area contributed by atoms with Gasteiger partial charge in [-0.3, -0.25) is 9.59 Å². The number of halogens is 1. The fourth-order valence-corrected chi connectivity index (χ4v) is 4.45. The Hall–Kier alpha value is -1.82. The number of aromatic amines is 1. The molecule has 1 aromatic heterocycles. The van der Waals surface area contributed by atoms with Crippen LogP contribution in [-0.2, 0) is 16.0 Å². The van der Waals surface area contributed by atoms with E-state index in [4.69, 9.17) is 5.73 Å². The van der Waals surface area contributed by atoms with Crippen LogP contribution in [0, 0.1) is 12.8 Å². The zero-order chi connectivity index (χ0) is 18.7. The summed E-state index contributed by atoms with van der Waals surface area (Å²) >= 11 is 3.50. The van der Waals surface area contributed by atoms with Gasteiger partial charge in [-0.05, 0) is 49.4 Å². The van der Waals surface area contributed by atoms with Crippen LogP contribution in [0.2, 0.25) is 0 Å². The molecule has 2 amide bonds. The van der Waals surface area contributed by atoms with Gasteiger partial charge in [-0.25, -0.2) is 0 Å². The van der Waals surface area contributed by atoms with Crippen molar-refractivity contribution >= 4 is 38.6 Å². The third kappa shape index (κ3) is 4.47. The van der Waals surface area contributed by atoms with Crippen LogP contribution in [0.25, 0.3) is 10.9 Å². The number of hydrogen-bond acceptors (Lipinski definition) is 2. The Morgan fingerprint density at radius 3 is 2.73 bits per heavy atom. The van der Waals surface area contributed by atoms with E-state index in [9.17, 15) is 9.59 Å². The number of aryl methyl sites for hydroxylation is 1. The van der Waals surface area contributed by atoms with E-state index >= 15 is 0 Å². The molecule has 1 unspecified atom stereocenters. The number of benzene rings is 1. The van der Waals surface area contributed by atoms with Crippen LogP contribution < -0.4 is 11.1 Å². The minimum absolute atomic E-state index is 0.0502. The Kier molecular flexibility index (Phi) is 6.01. The van der Waals surface area contributed by atoms with Crippen LogP contribution in [0.4, 0.5) is 0 Å². The van der Waals surface area contributed by atoms with Crippen LogP contribution in [0.1, 0.15) is 49.8 Å². The lowest BCUT2D eigenvalue weighted by Gasteiger charge is -2.30. The van der Waals surface area contributed by atoms with E-state index < -0.39 is 0 Å². The molecule has 0 aliphatic heterocycles. The van der Waals surface area contributed by atoms with E-state index in [-0.39, 0.29) is 24.3 Å². The molecular formula is C20H26BrN3O2. The zero-order valence-electron chi connectivity index (χ0n) is 15.1. The molecule has 1 aliphatic rings. The van der Waals surface area contributed by atoms with Crippen LogP contribution in [0.3, 0.4) is 0 Å². The van der Waals surface area contributed by atoms with Crippen molar-refractivity contribution in [2.75, 3.05) is 0 Å². The largest absolute Gasteiger partial charge is 0.370 e. The highest BCUT2D eigenvalue weighted by molar-refractivity contribution is 9.10. The molecule has 1 heterocycles. The van der Waals surface area contributed by atoms with E-state index in [2.05, 4.69) is 26.2 Å². The standard InChI is InChI=1S/C20H26BrN3O2/c1-12-15(16-9-14(21)7-8-17(16)23-12)10-20(26)24-18(11-19(22)25)13-5-3-2-4-6-13/h7-9,13,18,23H,2-6,10-11H2,1H3,(H2,22,25)(H,24,26). The first kappa shape index (κ1) is 19.0. The van der Waals surface area contributed by atoms with Gasteiger partial charge >= 0.3 is 0 Å². The number of hydrogen-bond donors (Lipinski definition) is 3. The molecule has 0 spiro atoms. The molecule has 5 nitrogen and oxygen atoms in total. The first-order valence-corrected chi connectivity index (χ1v) is 10.1. The van der Waals surface area contributed by atoms with Crippen molar-refractivity contribution in [3.63, 3.8) is 0 Å². The van der Waals surface area contributed by atoms with Gasteiger partial charge in [0, 0.05) is 33.5 Å². The third-order valence-electron chi connectivity index (χ3n) is 5.41. The maximum absolute atomic E-state index is 12.7. The Balaban J connectivity index is 1.74. The number of nitrogens with one attached hydrogen (secondary N) is 2. The van der Waals surface area contributed by atoms with Gasteiger partial charge in [0.25, 0.3) is 0 Å². The number of carbonyl (C=O) groups is 2. The molecule has 140 valence electrons. The summed E-state index contributed by atoms with van der Waals surface area (Å²) in [4.78, 5) is 27.5. The molecule has 0 saturated heterocycles. The number of rotatable bonds is 6. The molecule has 4 N–H and O–H groups in total. The van der Waals surface area contributed by atoms with Crippen molar-refractivity contribution in [1.29, 1.82) is 0 Å². The van der Waals surface area contributed by atoms with Crippen molar-refractivity contribution in [1.82, 2.24) is 10.3 Å². The highest BCUT2D eigenvalue weighted by Crippen LogP contribution is 2.29. The van der Waals surface area contributed by atoms with Gasteiger partial charge < -0.3 is 16.0 Å². The first-order chi connectivity index (χ1) is 12.4. The summed E-state index contributed by atoms with van der Waals surface area (Å²) in [5.41, 5.74) is 8.45. The Labute approximate surface area is 162 Å². The van der Waals surface area contributed by atoms with Crippen molar-refractivity contribution in [2.45, 2.75) is 57.9 Å². The summed E-state index contributed by atoms with van der Waals surface area (Å²) in [6.45, 7) is 1.98. The number of nitrogens with two attached hydrogens (primary N) is 1. The van der Waals surface area contributed by atoms with Crippen molar-refractivity contribution in [2.24, 2.45) is 11.7 Å². The van der Waals surface area contributed by atoms with Gasteiger partial charge in [-0.2, -0.15) is 0 Å². The molecule has 2 aromatic rings. The zero-order valence-corrected chi connectivity index (χ0v) is 16.7. The predicted molar refractivity (Wildman–Crippen MR) is 107 cm³/mol. The second kappa shape index (κ2) is 8.25. The lowest BCUT2D eigenvalue weighted by molar-refractivity contribution is -0.122. The monoisotopic (exact) mass is 419 g/mol. The van der Waals surface area contributed by atoms with Crippen molar-refractivity contribution in [3.8, 4) is 0 Å². The normalized spacial score (nSPS) is 16.5. The van der Waals surface area contributed by atoms with Crippen LogP contribution >= 0.6 is 15.9 Å². The Morgan fingerprint density at radius 1 is 1.31 bits per heavy atom. The summed E-state index contributed by atoms with van der Waals surface area (Å²) in [5.74, 6) is -0.0581. The molecule has 1 aromatic carbocycles. The Bertz CT molecular complexity index is 809. The lowest BCUT2D eigenvalue weighted by atomic mass is 9.82. The molecule has 0 bridgehead atoms. The maximum atomic E-state index is 12.7. The average molecular weight is 420 g/mol. The summed E-state index contributed by atoms with van der Waals surface area (Å²) < 4.78 is 0.986. The topological polar surface area (TPSA) is 88.0 Å². The van der Waals surface area contributed by atoms with Gasteiger partial charge in [0.05, 0.1) is 6.42 Å². The van der Waals surface area contributed by atoms with E-state index in [1.54, 1.807) is 0 Å². The molecule has 1 aliphatic carbocycles. The minimum atomic E-state index is -0.354. The quantitative estimate of drug-likeness (QED) is 0.665. The summed E-state index contributed by atoms with van der Waals surface area (Å²) in [6.07, 6.45) is 6.17. The van der Waals surface area contributed by atoms with E-state index in [0.29, 0.717) is 12.3 Å². The molecule has 26 heavy (non-hydrogen) atoms. The highest BCUT2D eigenvalue weighted by Gasteiger charge is 2.27. The van der Waals surface area contributed by atoms with Crippen LogP contribution in [-0.4, -0.2) is 22.8 Å². The molecule has 1 fully saturated rings. The number of primary amides is 1. The number of amides is 2. The summed E-state index contributed by atoms with van der Waals surface area (Å²) in [7, 11) is 0. The van der Waals surface area contributed by atoms with Gasteiger partial charge in [-0.15, -0.1) is 0 Å². The SMILES string of the molecule is Cc1[nH]c2ccc(Br)cc2c1CC(=O)NC(CC(N)=O)C1CCCCC1. The van der Waals surface area contributed by atoms with Gasteiger partial charge in [0.15, 0.2) is 0 Å².